The Hall–Kier alpha value is -5.29. The number of nitrogens with two attached hydrogens (primary N) is 1. The lowest BCUT2D eigenvalue weighted by atomic mass is 10.00. The number of nitrogens with one attached hydrogen (secondary N) is 2. The molecule has 5 N–H and O–H groups in total. The number of aromatic nitrogens is 5. The number of hydrogen-bond acceptors (Lipinski definition) is 13. The van der Waals surface area contributed by atoms with E-state index in [9.17, 15) is 29.1 Å². The smallest absolute Gasteiger partial charge is 0.410 e. The lowest BCUT2D eigenvalue weighted by Gasteiger charge is -2.36. The standard InChI is InChI=1S/C16H22N4O4.C13H22N4O2.C5H8O4/c1-16(2,3)24-15(23)19-7-5-4-6-11(19)10-8-12-17-13(21)9-14(22)20(12)18-10;1-13(2,3)19-12(18)17-7-5-4-6-10(17)9-8-11(14)16-15-9;1-8-4(6)3-5(7)9-2/h8-9,11,22H,4-7H2,1-3H3,(H,17,21);8,10H,4-7H2,1-3H3,(H3,14,15,16);3H2,1-2H3/t11-;10-;/m00./s1. The maximum atomic E-state index is 12.5. The predicted molar refractivity (Wildman–Crippen MR) is 188 cm³/mol. The summed E-state index contributed by atoms with van der Waals surface area (Å²) in [6.07, 6.45) is 4.67. The van der Waals surface area contributed by atoms with Gasteiger partial charge in [-0.3, -0.25) is 29.3 Å². The maximum Gasteiger partial charge on any atom is 0.410 e. The maximum absolute atomic E-state index is 12.5. The average Bonchev–Trinajstić information content (AvgIpc) is 3.70. The minimum atomic E-state index is -0.582. The van der Waals surface area contributed by atoms with Crippen LogP contribution in [0.15, 0.2) is 23.0 Å². The van der Waals surface area contributed by atoms with E-state index in [0.717, 1.165) is 50.3 Å². The van der Waals surface area contributed by atoms with Crippen LogP contribution in [0.2, 0.25) is 0 Å². The number of nitrogen functional groups attached to an aromatic ring is 1. The first-order valence-electron chi connectivity index (χ1n) is 17.1. The van der Waals surface area contributed by atoms with Gasteiger partial charge in [0.2, 0.25) is 5.88 Å². The van der Waals surface area contributed by atoms with E-state index in [1.54, 1.807) is 21.9 Å². The summed E-state index contributed by atoms with van der Waals surface area (Å²) in [5, 5.41) is 21.1. The summed E-state index contributed by atoms with van der Waals surface area (Å²) in [5.74, 6) is -0.951. The van der Waals surface area contributed by atoms with Crippen molar-refractivity contribution >= 4 is 35.6 Å². The number of H-pyrrole nitrogens is 2. The lowest BCUT2D eigenvalue weighted by Crippen LogP contribution is -2.42. The highest BCUT2D eigenvalue weighted by atomic mass is 16.6. The normalized spacial score (nSPS) is 17.5. The molecular weight excluding hydrogens is 680 g/mol. The van der Waals surface area contributed by atoms with Crippen LogP contribution < -0.4 is 11.3 Å². The molecule has 3 aromatic heterocycles. The first kappa shape index (κ1) is 41.1. The third-order valence-corrected chi connectivity index (χ3v) is 7.78. The van der Waals surface area contributed by atoms with Crippen LogP contribution in [0, 0.1) is 0 Å². The molecule has 0 radical (unpaired) electrons. The number of esters is 2. The molecule has 0 unspecified atom stereocenters. The zero-order chi connectivity index (χ0) is 38.8. The molecule has 2 aliphatic heterocycles. The summed E-state index contributed by atoms with van der Waals surface area (Å²) in [4.78, 5) is 62.8. The van der Waals surface area contributed by atoms with E-state index in [2.05, 4.69) is 29.8 Å². The molecule has 5 rings (SSSR count). The van der Waals surface area contributed by atoms with Crippen LogP contribution in [-0.2, 0) is 28.5 Å². The monoisotopic (exact) mass is 732 g/mol. The second-order valence-electron chi connectivity index (χ2n) is 14.3. The van der Waals surface area contributed by atoms with Crippen molar-refractivity contribution in [2.24, 2.45) is 0 Å². The number of rotatable bonds is 4. The van der Waals surface area contributed by atoms with Crippen LogP contribution in [-0.4, -0.2) is 102 Å². The number of hydrogen-bond donors (Lipinski definition) is 4. The Bertz CT molecular complexity index is 1720. The Morgan fingerprint density at radius 1 is 0.846 bits per heavy atom. The van der Waals surface area contributed by atoms with Crippen LogP contribution >= 0.6 is 0 Å². The number of amides is 2. The molecule has 2 amide bonds. The van der Waals surface area contributed by atoms with Gasteiger partial charge in [-0.2, -0.15) is 14.7 Å². The van der Waals surface area contributed by atoms with Crippen LogP contribution in [0.5, 0.6) is 5.88 Å². The molecule has 5 heterocycles. The first-order valence-corrected chi connectivity index (χ1v) is 17.1. The number of piperidine rings is 2. The van der Waals surface area contributed by atoms with Crippen molar-refractivity contribution in [1.29, 1.82) is 0 Å². The van der Waals surface area contributed by atoms with Gasteiger partial charge in [-0.25, -0.2) is 9.59 Å². The number of aromatic hydroxyl groups is 1. The molecule has 2 aliphatic rings. The highest BCUT2D eigenvalue weighted by Crippen LogP contribution is 2.33. The van der Waals surface area contributed by atoms with E-state index in [1.165, 1.54) is 18.7 Å². The minimum absolute atomic E-state index is 0.0200. The Balaban J connectivity index is 0.000000232. The van der Waals surface area contributed by atoms with Gasteiger partial charge in [0, 0.05) is 25.2 Å². The Morgan fingerprint density at radius 3 is 1.85 bits per heavy atom. The third-order valence-electron chi connectivity index (χ3n) is 7.78. The summed E-state index contributed by atoms with van der Waals surface area (Å²) < 4.78 is 20.6. The molecule has 288 valence electrons. The molecule has 2 saturated heterocycles. The molecule has 52 heavy (non-hydrogen) atoms. The molecule has 0 aliphatic carbocycles. The van der Waals surface area contributed by atoms with Gasteiger partial charge in [0.15, 0.2) is 0 Å². The highest BCUT2D eigenvalue weighted by molar-refractivity contribution is 5.90. The van der Waals surface area contributed by atoms with Gasteiger partial charge >= 0.3 is 24.1 Å². The summed E-state index contributed by atoms with van der Waals surface area (Å²) in [5.41, 5.74) is 6.07. The molecule has 3 aromatic rings. The van der Waals surface area contributed by atoms with Gasteiger partial charge in [0.1, 0.15) is 29.1 Å². The van der Waals surface area contributed by atoms with Crippen LogP contribution in [0.3, 0.4) is 0 Å². The van der Waals surface area contributed by atoms with E-state index < -0.39 is 28.7 Å². The molecule has 18 heteroatoms. The van der Waals surface area contributed by atoms with Crippen LogP contribution in [0.1, 0.15) is 110 Å². The van der Waals surface area contributed by atoms with Crippen molar-refractivity contribution in [3.8, 4) is 5.88 Å². The lowest BCUT2D eigenvalue weighted by molar-refractivity contribution is -0.151. The van der Waals surface area contributed by atoms with Crippen molar-refractivity contribution in [2.75, 3.05) is 33.0 Å². The number of carbonyl (C=O) groups is 4. The Kier molecular flexibility index (Phi) is 14.1. The highest BCUT2D eigenvalue weighted by Gasteiger charge is 2.34. The van der Waals surface area contributed by atoms with E-state index >= 15 is 0 Å². The zero-order valence-electron chi connectivity index (χ0n) is 31.2. The molecule has 0 saturated carbocycles. The topological polar surface area (TPSA) is 237 Å². The average molecular weight is 733 g/mol. The summed E-state index contributed by atoms with van der Waals surface area (Å²) in [6, 6.07) is 4.28. The molecule has 0 aromatic carbocycles. The number of nitrogens with zero attached hydrogens (tertiary/aromatic N) is 5. The fraction of sp³-hybridized carbons (Fsp3) is 0.618. The molecule has 2 atom stereocenters. The summed E-state index contributed by atoms with van der Waals surface area (Å²) >= 11 is 0. The van der Waals surface area contributed by atoms with Gasteiger partial charge in [0.25, 0.3) is 5.56 Å². The van der Waals surface area contributed by atoms with Crippen molar-refractivity contribution in [2.45, 2.75) is 110 Å². The molecule has 2 fully saturated rings. The van der Waals surface area contributed by atoms with Gasteiger partial charge in [-0.05, 0) is 80.1 Å². The third kappa shape index (κ3) is 12.2. The molecule has 18 nitrogen and oxygen atoms in total. The van der Waals surface area contributed by atoms with Crippen LogP contribution in [0.25, 0.3) is 5.65 Å². The quantitative estimate of drug-likeness (QED) is 0.166. The number of carbonyl (C=O) groups excluding carboxylic acids is 4. The van der Waals surface area contributed by atoms with Crippen molar-refractivity contribution in [3.05, 3.63) is 39.9 Å². The Morgan fingerprint density at radius 2 is 1.37 bits per heavy atom. The fourth-order valence-corrected chi connectivity index (χ4v) is 5.52. The first-order chi connectivity index (χ1) is 24.3. The number of ether oxygens (including phenoxy) is 4. The summed E-state index contributed by atoms with van der Waals surface area (Å²) in [7, 11) is 2.43. The number of aromatic amines is 2. The predicted octanol–water partition coefficient (Wildman–Crippen LogP) is 4.37. The van der Waals surface area contributed by atoms with E-state index in [0.29, 0.717) is 30.2 Å². The largest absolute Gasteiger partial charge is 0.493 e. The molecule has 0 bridgehead atoms. The summed E-state index contributed by atoms with van der Waals surface area (Å²) in [6.45, 7) is 12.4. The Labute approximate surface area is 301 Å². The number of likely N-dealkylation sites (tertiary alicyclic amines) is 2. The van der Waals surface area contributed by atoms with E-state index in [-0.39, 0.29) is 36.6 Å². The van der Waals surface area contributed by atoms with Gasteiger partial charge in [0.05, 0.1) is 43.8 Å². The fourth-order valence-electron chi connectivity index (χ4n) is 5.52. The van der Waals surface area contributed by atoms with Crippen molar-refractivity contribution in [1.82, 2.24) is 34.6 Å². The number of fused-ring (bicyclic) bond motifs is 1. The number of anilines is 1. The van der Waals surface area contributed by atoms with Crippen LogP contribution in [0.4, 0.5) is 15.4 Å². The minimum Gasteiger partial charge on any atom is -0.493 e. The van der Waals surface area contributed by atoms with Gasteiger partial charge < -0.3 is 34.8 Å². The molecule has 0 spiro atoms. The van der Waals surface area contributed by atoms with Gasteiger partial charge in [-0.1, -0.05) is 0 Å². The number of methoxy groups -OCH3 is 2. The SMILES string of the molecule is CC(C)(C)OC(=O)N1CCCC[C@H]1c1cc(N)n[nH]1.CC(C)(C)OC(=O)N1CCCC[C@H]1c1cc2[nH]c(=O)cc(O)n2n1.COC(=O)CC(=O)OC. The van der Waals surface area contributed by atoms with E-state index in [4.69, 9.17) is 15.2 Å². The van der Waals surface area contributed by atoms with Crippen molar-refractivity contribution in [3.63, 3.8) is 0 Å². The second kappa shape index (κ2) is 17.8. The van der Waals surface area contributed by atoms with Gasteiger partial charge in [-0.15, -0.1) is 0 Å². The zero-order valence-corrected chi connectivity index (χ0v) is 31.2. The second-order valence-corrected chi connectivity index (χ2v) is 14.3. The van der Waals surface area contributed by atoms with E-state index in [1.807, 2.05) is 41.5 Å². The molecular formula is C34H52N8O10. The van der Waals surface area contributed by atoms with Crippen molar-refractivity contribution < 1.29 is 43.2 Å².